The summed E-state index contributed by atoms with van der Waals surface area (Å²) in [4.78, 5) is 0. The lowest BCUT2D eigenvalue weighted by atomic mass is 9.65. The molecule has 0 aromatic heterocycles. The van der Waals surface area contributed by atoms with E-state index in [2.05, 4.69) is 92.6 Å². The normalized spacial score (nSPS) is 50.9. The standard InChI is InChI=1S/C18H32.C3H8.I2/c1-9-11(3)15-7-17-13(5)10(2)14(6)18(17)8-16(15)12(9)4;1-3-2;1-2/h9-18H,7-8H2,1-6H3;3H2,1-2H3;. The van der Waals surface area contributed by atoms with Crippen molar-refractivity contribution < 1.29 is 0 Å². The van der Waals surface area contributed by atoms with E-state index in [1.807, 2.05) is 0 Å². The molecule has 8 unspecified atom stereocenters. The monoisotopic (exact) mass is 546 g/mol. The summed E-state index contributed by atoms with van der Waals surface area (Å²) >= 11 is 4.24. The molecule has 3 rings (SSSR count). The largest absolute Gasteiger partial charge is 0.0656 e. The molecule has 0 amide bonds. The van der Waals surface area contributed by atoms with Crippen LogP contribution in [0.3, 0.4) is 0 Å². The predicted octanol–water partition coefficient (Wildman–Crippen LogP) is 8.28. The van der Waals surface area contributed by atoms with Crippen LogP contribution in [0.5, 0.6) is 0 Å². The summed E-state index contributed by atoms with van der Waals surface area (Å²) < 4.78 is 0. The van der Waals surface area contributed by atoms with E-state index in [9.17, 15) is 0 Å². The molecular formula is C21H40I2. The Balaban J connectivity index is 0.000000477. The van der Waals surface area contributed by atoms with Crippen LogP contribution in [0, 0.1) is 59.2 Å². The average molecular weight is 546 g/mol. The van der Waals surface area contributed by atoms with Crippen LogP contribution in [0.1, 0.15) is 74.7 Å². The van der Waals surface area contributed by atoms with E-state index in [0.717, 1.165) is 59.2 Å². The van der Waals surface area contributed by atoms with Gasteiger partial charge in [0.1, 0.15) is 0 Å². The molecule has 0 saturated heterocycles. The van der Waals surface area contributed by atoms with E-state index in [4.69, 9.17) is 0 Å². The minimum absolute atomic E-state index is 0.960. The average Bonchev–Trinajstić information content (AvgIpc) is 2.90. The SMILES string of the molecule is CC1C(C)C2CC3C(C)C(C)C(C)C3CC2C1C.CCC.II. The molecule has 0 heterocycles. The fraction of sp³-hybridized carbons (Fsp3) is 1.00. The minimum atomic E-state index is 0.960. The van der Waals surface area contributed by atoms with Crippen molar-refractivity contribution in [3.05, 3.63) is 0 Å². The Hall–Kier alpha value is 1.46. The van der Waals surface area contributed by atoms with Crippen molar-refractivity contribution in [2.75, 3.05) is 0 Å². The summed E-state index contributed by atoms with van der Waals surface area (Å²) in [6.07, 6.45) is 4.36. The molecule has 3 saturated carbocycles. The number of rotatable bonds is 0. The Morgan fingerprint density at radius 3 is 0.870 bits per heavy atom. The van der Waals surface area contributed by atoms with Gasteiger partial charge in [0.2, 0.25) is 0 Å². The molecule has 0 aliphatic heterocycles. The quantitative estimate of drug-likeness (QED) is 0.269. The van der Waals surface area contributed by atoms with Gasteiger partial charge in [0, 0.05) is 37.2 Å². The van der Waals surface area contributed by atoms with Crippen molar-refractivity contribution in [3.63, 3.8) is 0 Å². The van der Waals surface area contributed by atoms with Gasteiger partial charge in [-0.15, -0.1) is 0 Å². The number of halogens is 2. The number of fused-ring (bicyclic) bond motifs is 2. The summed E-state index contributed by atoms with van der Waals surface area (Å²) in [6.45, 7) is 19.4. The van der Waals surface area contributed by atoms with Gasteiger partial charge in [-0.25, -0.2) is 0 Å². The van der Waals surface area contributed by atoms with E-state index >= 15 is 0 Å². The first-order chi connectivity index (χ1) is 10.8. The molecule has 0 N–H and O–H groups in total. The second kappa shape index (κ2) is 9.97. The maximum absolute atomic E-state index is 2.54. The van der Waals surface area contributed by atoms with Crippen LogP contribution in [0.4, 0.5) is 0 Å². The molecule has 0 radical (unpaired) electrons. The molecule has 2 heteroatoms. The first-order valence-electron chi connectivity index (χ1n) is 9.99. The van der Waals surface area contributed by atoms with Gasteiger partial charge in [-0.3, -0.25) is 0 Å². The zero-order chi connectivity index (χ0) is 17.9. The smallest absolute Gasteiger partial charge is 0 e. The molecule has 0 aromatic carbocycles. The van der Waals surface area contributed by atoms with Crippen molar-refractivity contribution in [1.82, 2.24) is 0 Å². The van der Waals surface area contributed by atoms with Crippen molar-refractivity contribution in [2.45, 2.75) is 74.7 Å². The summed E-state index contributed by atoms with van der Waals surface area (Å²) in [5, 5.41) is 0. The highest BCUT2D eigenvalue weighted by Crippen LogP contribution is 2.61. The van der Waals surface area contributed by atoms with Crippen LogP contribution < -0.4 is 0 Å². The van der Waals surface area contributed by atoms with Gasteiger partial charge >= 0.3 is 0 Å². The van der Waals surface area contributed by atoms with Crippen molar-refractivity contribution in [2.24, 2.45) is 59.2 Å². The Morgan fingerprint density at radius 1 is 0.522 bits per heavy atom. The van der Waals surface area contributed by atoms with Gasteiger partial charge in [0.15, 0.2) is 0 Å². The molecule has 23 heavy (non-hydrogen) atoms. The molecule has 3 aliphatic carbocycles. The predicted molar refractivity (Wildman–Crippen MR) is 122 cm³/mol. The third-order valence-electron chi connectivity index (χ3n) is 8.21. The van der Waals surface area contributed by atoms with Crippen LogP contribution in [0.15, 0.2) is 0 Å². The highest BCUT2D eigenvalue weighted by Gasteiger charge is 2.54. The lowest BCUT2D eigenvalue weighted by Crippen LogP contribution is -2.33. The number of hydrogen-bond acceptors (Lipinski definition) is 0. The maximum atomic E-state index is 2.54. The van der Waals surface area contributed by atoms with Gasteiger partial charge in [0.25, 0.3) is 0 Å². The Morgan fingerprint density at radius 2 is 0.696 bits per heavy atom. The second-order valence-corrected chi connectivity index (χ2v) is 8.99. The van der Waals surface area contributed by atoms with Gasteiger partial charge < -0.3 is 0 Å². The molecule has 0 bridgehead atoms. The zero-order valence-electron chi connectivity index (χ0n) is 16.7. The minimum Gasteiger partial charge on any atom is -0.0656 e. The fourth-order valence-electron chi connectivity index (χ4n) is 6.26. The van der Waals surface area contributed by atoms with Crippen LogP contribution >= 0.6 is 37.2 Å². The van der Waals surface area contributed by atoms with Crippen LogP contribution in [-0.2, 0) is 0 Å². The Kier molecular flexibility index (Phi) is 9.75. The van der Waals surface area contributed by atoms with Crippen LogP contribution in [-0.4, -0.2) is 0 Å². The summed E-state index contributed by atoms with van der Waals surface area (Å²) in [5.74, 6) is 10.0. The third-order valence-corrected chi connectivity index (χ3v) is 8.21. The summed E-state index contributed by atoms with van der Waals surface area (Å²) in [6, 6.07) is 0. The van der Waals surface area contributed by atoms with E-state index < -0.39 is 0 Å². The Bertz CT molecular complexity index is 283. The molecular weight excluding hydrogens is 506 g/mol. The van der Waals surface area contributed by atoms with Crippen LogP contribution in [0.2, 0.25) is 0 Å². The highest BCUT2D eigenvalue weighted by molar-refractivity contribution is 15.0. The first-order valence-corrected chi connectivity index (χ1v) is 16.3. The number of hydrogen-bond donors (Lipinski definition) is 0. The lowest BCUT2D eigenvalue weighted by molar-refractivity contribution is 0.0887. The fourth-order valence-corrected chi connectivity index (χ4v) is 6.26. The van der Waals surface area contributed by atoms with E-state index in [1.54, 1.807) is 12.8 Å². The highest BCUT2D eigenvalue weighted by atomic mass is 128. The second-order valence-electron chi connectivity index (χ2n) is 8.99. The molecule has 3 aliphatic rings. The first kappa shape index (κ1) is 22.5. The Labute approximate surface area is 170 Å². The summed E-state index contributed by atoms with van der Waals surface area (Å²) in [7, 11) is 0. The van der Waals surface area contributed by atoms with Crippen molar-refractivity contribution in [1.29, 1.82) is 0 Å². The lowest BCUT2D eigenvalue weighted by Gasteiger charge is -2.40. The molecule has 3 fully saturated rings. The molecule has 8 atom stereocenters. The van der Waals surface area contributed by atoms with E-state index in [0.29, 0.717) is 0 Å². The van der Waals surface area contributed by atoms with E-state index in [-0.39, 0.29) is 0 Å². The van der Waals surface area contributed by atoms with Gasteiger partial charge in [-0.1, -0.05) is 61.8 Å². The molecule has 0 nitrogen and oxygen atoms in total. The zero-order valence-corrected chi connectivity index (χ0v) is 21.0. The maximum Gasteiger partial charge on any atom is 0 e. The van der Waals surface area contributed by atoms with E-state index in [1.165, 1.54) is 6.42 Å². The van der Waals surface area contributed by atoms with Gasteiger partial charge in [0.05, 0.1) is 0 Å². The van der Waals surface area contributed by atoms with Crippen LogP contribution in [0.25, 0.3) is 0 Å². The van der Waals surface area contributed by atoms with Crippen molar-refractivity contribution >= 4 is 37.2 Å². The summed E-state index contributed by atoms with van der Waals surface area (Å²) in [5.41, 5.74) is 0. The molecule has 138 valence electrons. The molecule has 0 aromatic rings. The molecule has 0 spiro atoms. The van der Waals surface area contributed by atoms with Gasteiger partial charge in [-0.2, -0.15) is 0 Å². The van der Waals surface area contributed by atoms with Crippen molar-refractivity contribution in [3.8, 4) is 0 Å². The third kappa shape index (κ3) is 4.42. The van der Waals surface area contributed by atoms with Gasteiger partial charge in [-0.05, 0) is 72.0 Å². The topological polar surface area (TPSA) is 0 Å².